The molecule has 274 valence electrons. The van der Waals surface area contributed by atoms with Crippen molar-refractivity contribution in [3.63, 3.8) is 0 Å². The van der Waals surface area contributed by atoms with Crippen molar-refractivity contribution in [3.05, 3.63) is 88.4 Å². The Morgan fingerprint density at radius 3 is 2.10 bits per heavy atom. The zero-order valence-corrected chi connectivity index (χ0v) is 32.3. The minimum Gasteiger partial charge on any atom is -0.494 e. The van der Waals surface area contributed by atoms with E-state index in [0.717, 1.165) is 72.0 Å². The molecule has 8 nitrogen and oxygen atoms in total. The van der Waals surface area contributed by atoms with Crippen LogP contribution in [-0.4, -0.2) is 65.5 Å². The van der Waals surface area contributed by atoms with Crippen LogP contribution in [0.5, 0.6) is 5.75 Å². The molecule has 4 aromatic rings. The van der Waals surface area contributed by atoms with Crippen molar-refractivity contribution in [2.45, 2.75) is 97.9 Å². The van der Waals surface area contributed by atoms with Gasteiger partial charge < -0.3 is 20.3 Å². The molecule has 1 atom stereocenters. The highest BCUT2D eigenvalue weighted by atomic mass is 32.1. The Bertz CT molecular complexity index is 1620. The lowest BCUT2D eigenvalue weighted by molar-refractivity contribution is -0.122. The molecule has 4 rings (SSSR count). The number of rotatable bonds is 20. The van der Waals surface area contributed by atoms with Gasteiger partial charge in [0.1, 0.15) is 11.8 Å². The number of carbonyl (C=O) groups excluding carboxylic acids is 2. The van der Waals surface area contributed by atoms with Crippen LogP contribution < -0.4 is 15.4 Å². The van der Waals surface area contributed by atoms with Gasteiger partial charge in [-0.1, -0.05) is 104 Å². The van der Waals surface area contributed by atoms with Gasteiger partial charge in [0, 0.05) is 41.4 Å². The summed E-state index contributed by atoms with van der Waals surface area (Å²) in [5, 5.41) is 6.09. The van der Waals surface area contributed by atoms with Crippen LogP contribution in [0.3, 0.4) is 0 Å². The smallest absolute Gasteiger partial charge is 0.262 e. The summed E-state index contributed by atoms with van der Waals surface area (Å²) in [4.78, 5) is 40.1. The van der Waals surface area contributed by atoms with Crippen molar-refractivity contribution in [2.75, 3.05) is 32.8 Å². The number of aromatic nitrogens is 2. The van der Waals surface area contributed by atoms with E-state index in [1.807, 2.05) is 73.1 Å². The van der Waals surface area contributed by atoms with Crippen LogP contribution in [0.2, 0.25) is 0 Å². The number of nitrogens with one attached hydrogen (secondary N) is 2. The van der Waals surface area contributed by atoms with Gasteiger partial charge in [0.25, 0.3) is 5.91 Å². The van der Waals surface area contributed by atoms with E-state index in [0.29, 0.717) is 23.7 Å². The summed E-state index contributed by atoms with van der Waals surface area (Å²) in [6.07, 6.45) is 11.0. The van der Waals surface area contributed by atoms with Crippen LogP contribution in [-0.2, 0) is 16.6 Å². The number of unbranched alkanes of at least 4 members (excludes halogenated alkanes) is 4. The number of nitrogens with zero attached hydrogens (tertiary/aromatic N) is 3. The SMILES string of the molecule is CCCCCCCOc1ccc(-c2cnc(-c3ccc(C[C@H](NC(=O)c4ccc(C(C)(C)C)s4)C(=O)NCCCN(CC)CC)cc3)nc2)cc1. The lowest BCUT2D eigenvalue weighted by atomic mass is 9.95. The highest BCUT2D eigenvalue weighted by molar-refractivity contribution is 7.14. The van der Waals surface area contributed by atoms with Crippen molar-refractivity contribution in [3.8, 4) is 28.3 Å². The fraction of sp³-hybridized carbons (Fsp3) is 0.476. The normalized spacial score (nSPS) is 12.1. The highest BCUT2D eigenvalue weighted by Crippen LogP contribution is 2.29. The standard InChI is InChI=1S/C42H57N5O3S/c1-7-10-11-12-13-27-50-35-21-19-32(20-22-35)34-29-44-39(45-30-34)33-17-15-31(16-18-33)28-36(40(48)43-25-14-26-47(8-2)9-3)46-41(49)37-23-24-38(51-37)42(4,5)6/h15-24,29-30,36H,7-14,25-28H2,1-6H3,(H,43,48)(H,46,49)/t36-/m0/s1. The molecule has 0 saturated heterocycles. The van der Waals surface area contributed by atoms with Gasteiger partial charge in [-0.05, 0) is 73.3 Å². The highest BCUT2D eigenvalue weighted by Gasteiger charge is 2.24. The fourth-order valence-corrected chi connectivity index (χ4v) is 6.74. The lowest BCUT2D eigenvalue weighted by Crippen LogP contribution is -2.48. The maximum atomic E-state index is 13.4. The summed E-state index contributed by atoms with van der Waals surface area (Å²) in [6, 6.07) is 19.1. The Hall–Kier alpha value is -4.08. The van der Waals surface area contributed by atoms with Gasteiger partial charge in [-0.15, -0.1) is 11.3 Å². The topological polar surface area (TPSA) is 96.4 Å². The average molecular weight is 712 g/mol. The van der Waals surface area contributed by atoms with E-state index in [1.54, 1.807) is 0 Å². The van der Waals surface area contributed by atoms with Gasteiger partial charge in [-0.3, -0.25) is 9.59 Å². The van der Waals surface area contributed by atoms with E-state index in [1.165, 1.54) is 37.0 Å². The lowest BCUT2D eigenvalue weighted by Gasteiger charge is -2.20. The molecule has 0 aliphatic rings. The number of thiophene rings is 1. The third-order valence-electron chi connectivity index (χ3n) is 9.04. The first-order valence-corrected chi connectivity index (χ1v) is 19.5. The van der Waals surface area contributed by atoms with E-state index in [4.69, 9.17) is 4.74 Å². The Kier molecular flexibility index (Phi) is 15.6. The maximum absolute atomic E-state index is 13.4. The molecule has 2 aromatic heterocycles. The van der Waals surface area contributed by atoms with Gasteiger partial charge in [0.15, 0.2) is 5.82 Å². The van der Waals surface area contributed by atoms with Gasteiger partial charge in [0.05, 0.1) is 11.5 Å². The monoisotopic (exact) mass is 711 g/mol. The van der Waals surface area contributed by atoms with Crippen molar-refractivity contribution >= 4 is 23.2 Å². The predicted octanol–water partition coefficient (Wildman–Crippen LogP) is 8.71. The minimum absolute atomic E-state index is 0.0513. The molecule has 0 aliphatic carbocycles. The fourth-order valence-electron chi connectivity index (χ4n) is 5.77. The quantitative estimate of drug-likeness (QED) is 0.0891. The van der Waals surface area contributed by atoms with Gasteiger partial charge in [-0.25, -0.2) is 9.97 Å². The van der Waals surface area contributed by atoms with Crippen LogP contribution in [0.25, 0.3) is 22.5 Å². The first-order chi connectivity index (χ1) is 24.6. The van der Waals surface area contributed by atoms with Crippen LogP contribution in [0.4, 0.5) is 0 Å². The molecule has 2 N–H and O–H groups in total. The molecular formula is C42H57N5O3S. The summed E-state index contributed by atoms with van der Waals surface area (Å²) in [5.41, 5.74) is 3.73. The summed E-state index contributed by atoms with van der Waals surface area (Å²) < 4.78 is 5.91. The van der Waals surface area contributed by atoms with Crippen molar-refractivity contribution in [2.24, 2.45) is 0 Å². The van der Waals surface area contributed by atoms with E-state index < -0.39 is 6.04 Å². The Morgan fingerprint density at radius 1 is 0.804 bits per heavy atom. The van der Waals surface area contributed by atoms with Crippen LogP contribution in [0, 0.1) is 0 Å². The molecule has 0 fully saturated rings. The first-order valence-electron chi connectivity index (χ1n) is 18.7. The average Bonchev–Trinajstić information content (AvgIpc) is 3.66. The van der Waals surface area contributed by atoms with Crippen LogP contribution in [0.1, 0.15) is 100 Å². The van der Waals surface area contributed by atoms with Crippen LogP contribution >= 0.6 is 11.3 Å². The summed E-state index contributed by atoms with van der Waals surface area (Å²) in [6.45, 7) is 17.1. The number of benzene rings is 2. The third kappa shape index (κ3) is 12.6. The molecule has 2 amide bonds. The van der Waals surface area contributed by atoms with E-state index in [2.05, 4.69) is 67.0 Å². The third-order valence-corrected chi connectivity index (χ3v) is 10.6. The van der Waals surface area contributed by atoms with Crippen LogP contribution in [0.15, 0.2) is 73.1 Å². The second kappa shape index (κ2) is 20.1. The molecule has 0 radical (unpaired) electrons. The molecule has 9 heteroatoms. The second-order valence-electron chi connectivity index (χ2n) is 14.1. The van der Waals surface area contributed by atoms with Gasteiger partial charge in [0.2, 0.25) is 5.91 Å². The first kappa shape index (κ1) is 39.7. The number of carbonyl (C=O) groups is 2. The van der Waals surface area contributed by atoms with E-state index in [9.17, 15) is 9.59 Å². The molecule has 0 aliphatic heterocycles. The molecule has 2 aromatic carbocycles. The zero-order valence-electron chi connectivity index (χ0n) is 31.5. The maximum Gasteiger partial charge on any atom is 0.262 e. The molecule has 0 saturated carbocycles. The van der Waals surface area contributed by atoms with Crippen molar-refractivity contribution < 1.29 is 14.3 Å². The second-order valence-corrected chi connectivity index (χ2v) is 15.2. The molecular weight excluding hydrogens is 655 g/mol. The Morgan fingerprint density at radius 2 is 1.47 bits per heavy atom. The van der Waals surface area contributed by atoms with Gasteiger partial charge in [-0.2, -0.15) is 0 Å². The molecule has 51 heavy (non-hydrogen) atoms. The number of amides is 2. The largest absolute Gasteiger partial charge is 0.494 e. The summed E-state index contributed by atoms with van der Waals surface area (Å²) in [7, 11) is 0. The minimum atomic E-state index is -0.713. The molecule has 0 unspecified atom stereocenters. The Labute approximate surface area is 309 Å². The molecule has 2 heterocycles. The van der Waals surface area contributed by atoms with Gasteiger partial charge >= 0.3 is 0 Å². The summed E-state index contributed by atoms with van der Waals surface area (Å²) >= 11 is 1.47. The van der Waals surface area contributed by atoms with Crippen molar-refractivity contribution in [1.82, 2.24) is 25.5 Å². The Balaban J connectivity index is 1.38. The van der Waals surface area contributed by atoms with Crippen molar-refractivity contribution in [1.29, 1.82) is 0 Å². The molecule has 0 bridgehead atoms. The number of ether oxygens (including phenoxy) is 1. The summed E-state index contributed by atoms with van der Waals surface area (Å²) in [5.74, 6) is 1.09. The molecule has 0 spiro atoms. The van der Waals surface area contributed by atoms with E-state index in [-0.39, 0.29) is 17.2 Å². The van der Waals surface area contributed by atoms with E-state index >= 15 is 0 Å². The zero-order chi connectivity index (χ0) is 36.6. The number of hydrogen-bond acceptors (Lipinski definition) is 7. The number of hydrogen-bond donors (Lipinski definition) is 2. The predicted molar refractivity (Wildman–Crippen MR) is 211 cm³/mol.